The highest BCUT2D eigenvalue weighted by Gasteiger charge is 2.47. The Morgan fingerprint density at radius 2 is 1.79 bits per heavy atom. The summed E-state index contributed by atoms with van der Waals surface area (Å²) in [5.41, 5.74) is -0.132. The van der Waals surface area contributed by atoms with Gasteiger partial charge in [-0.15, -0.1) is 0 Å². The Labute approximate surface area is 194 Å². The maximum absolute atomic E-state index is 13.8. The summed E-state index contributed by atoms with van der Waals surface area (Å²) in [7, 11) is 0. The van der Waals surface area contributed by atoms with Crippen LogP contribution < -0.4 is 10.6 Å². The molecule has 0 radical (unpaired) electrons. The molecule has 0 fully saturated rings. The summed E-state index contributed by atoms with van der Waals surface area (Å²) >= 11 is 5.93. The van der Waals surface area contributed by atoms with Crippen molar-refractivity contribution in [2.24, 2.45) is 0 Å². The highest BCUT2D eigenvalue weighted by molar-refractivity contribution is 6.34. The van der Waals surface area contributed by atoms with Gasteiger partial charge in [0, 0.05) is 6.42 Å². The number of carbonyl (C=O) groups is 1. The Morgan fingerprint density at radius 1 is 1.12 bits per heavy atom. The SMILES string of the molecule is Cc1ccc([C@H]2C[C@H](C(F)(F)F)n3ncc(C(=O)Nc4cc(C(F)(F)F)ccc4Cl)c3N2)cc1. The van der Waals surface area contributed by atoms with Crippen molar-refractivity contribution >= 4 is 29.0 Å². The summed E-state index contributed by atoms with van der Waals surface area (Å²) in [6, 6.07) is 6.48. The molecule has 1 aliphatic heterocycles. The van der Waals surface area contributed by atoms with E-state index in [4.69, 9.17) is 11.6 Å². The van der Waals surface area contributed by atoms with Crippen LogP contribution in [0.4, 0.5) is 37.8 Å². The lowest BCUT2D eigenvalue weighted by molar-refractivity contribution is -0.173. The summed E-state index contributed by atoms with van der Waals surface area (Å²) < 4.78 is 81.3. The number of fused-ring (bicyclic) bond motifs is 1. The molecule has 34 heavy (non-hydrogen) atoms. The monoisotopic (exact) mass is 502 g/mol. The third-order valence-electron chi connectivity index (χ3n) is 5.50. The molecule has 3 aromatic rings. The number of halogens is 7. The van der Waals surface area contributed by atoms with Gasteiger partial charge in [0.2, 0.25) is 0 Å². The minimum atomic E-state index is -4.68. The van der Waals surface area contributed by atoms with E-state index in [1.807, 2.05) is 6.92 Å². The molecule has 0 spiro atoms. The molecule has 0 unspecified atom stereocenters. The summed E-state index contributed by atoms with van der Waals surface area (Å²) in [5.74, 6) is -1.15. The van der Waals surface area contributed by atoms with E-state index in [1.54, 1.807) is 24.3 Å². The van der Waals surface area contributed by atoms with Crippen LogP contribution in [0.3, 0.4) is 0 Å². The number of hydrogen-bond donors (Lipinski definition) is 2. The van der Waals surface area contributed by atoms with E-state index in [2.05, 4.69) is 15.7 Å². The van der Waals surface area contributed by atoms with Crippen LogP contribution in [0.5, 0.6) is 0 Å². The molecule has 5 nitrogen and oxygen atoms in total. The quantitative estimate of drug-likeness (QED) is 0.388. The lowest BCUT2D eigenvalue weighted by Crippen LogP contribution is -2.36. The number of benzene rings is 2. The molecule has 0 saturated heterocycles. The van der Waals surface area contributed by atoms with Gasteiger partial charge in [0.15, 0.2) is 6.04 Å². The second kappa shape index (κ2) is 8.53. The van der Waals surface area contributed by atoms with Crippen molar-refractivity contribution in [1.82, 2.24) is 9.78 Å². The number of hydrogen-bond acceptors (Lipinski definition) is 3. The average molecular weight is 503 g/mol. The van der Waals surface area contributed by atoms with Crippen LogP contribution >= 0.6 is 11.6 Å². The van der Waals surface area contributed by atoms with Crippen LogP contribution in [0.15, 0.2) is 48.7 Å². The molecule has 2 atom stereocenters. The van der Waals surface area contributed by atoms with E-state index in [9.17, 15) is 31.1 Å². The molecule has 12 heteroatoms. The minimum Gasteiger partial charge on any atom is -0.363 e. The molecule has 0 aliphatic carbocycles. The molecule has 1 aliphatic rings. The molecule has 0 saturated carbocycles. The van der Waals surface area contributed by atoms with Gasteiger partial charge in [-0.05, 0) is 30.7 Å². The first kappa shape index (κ1) is 23.9. The van der Waals surface area contributed by atoms with Crippen LogP contribution in [0, 0.1) is 6.92 Å². The fourth-order valence-electron chi connectivity index (χ4n) is 3.73. The largest absolute Gasteiger partial charge is 0.416 e. The number of aromatic nitrogens is 2. The Morgan fingerprint density at radius 3 is 2.41 bits per heavy atom. The Kier molecular flexibility index (Phi) is 6.01. The molecule has 1 aromatic heterocycles. The van der Waals surface area contributed by atoms with Crippen molar-refractivity contribution in [3.63, 3.8) is 0 Å². The number of alkyl halides is 6. The third kappa shape index (κ3) is 4.70. The number of carbonyl (C=O) groups excluding carboxylic acids is 1. The number of anilines is 2. The van der Waals surface area contributed by atoms with Crippen molar-refractivity contribution < 1.29 is 31.1 Å². The summed E-state index contributed by atoms with van der Waals surface area (Å²) in [4.78, 5) is 12.9. The second-order valence-electron chi connectivity index (χ2n) is 7.90. The summed E-state index contributed by atoms with van der Waals surface area (Å²) in [6.07, 6.45) is -8.75. The van der Waals surface area contributed by atoms with Crippen LogP contribution in [-0.2, 0) is 6.18 Å². The molecular weight excluding hydrogens is 486 g/mol. The Bertz CT molecular complexity index is 1220. The van der Waals surface area contributed by atoms with Crippen molar-refractivity contribution in [3.05, 3.63) is 75.9 Å². The van der Waals surface area contributed by atoms with Gasteiger partial charge < -0.3 is 10.6 Å². The summed E-state index contributed by atoms with van der Waals surface area (Å²) in [5, 5.41) is 8.76. The molecule has 0 bridgehead atoms. The minimum absolute atomic E-state index is 0.166. The van der Waals surface area contributed by atoms with E-state index in [-0.39, 0.29) is 28.5 Å². The van der Waals surface area contributed by atoms with Crippen LogP contribution in [0.1, 0.15) is 45.6 Å². The van der Waals surface area contributed by atoms with Gasteiger partial charge in [-0.25, -0.2) is 4.68 Å². The van der Waals surface area contributed by atoms with E-state index in [0.29, 0.717) is 16.3 Å². The molecule has 2 N–H and O–H groups in total. The van der Waals surface area contributed by atoms with Gasteiger partial charge in [-0.1, -0.05) is 41.4 Å². The normalized spacial score (nSPS) is 18.2. The second-order valence-corrected chi connectivity index (χ2v) is 8.31. The van der Waals surface area contributed by atoms with Crippen LogP contribution in [0.25, 0.3) is 0 Å². The van der Waals surface area contributed by atoms with E-state index >= 15 is 0 Å². The summed E-state index contributed by atoms with van der Waals surface area (Å²) in [6.45, 7) is 1.84. The highest BCUT2D eigenvalue weighted by Crippen LogP contribution is 2.44. The predicted octanol–water partition coefficient (Wildman–Crippen LogP) is 6.78. The van der Waals surface area contributed by atoms with Gasteiger partial charge in [0.25, 0.3) is 5.91 Å². The molecule has 2 aromatic carbocycles. The number of rotatable bonds is 3. The molecular formula is C22H17ClF6N4O. The average Bonchev–Trinajstić information content (AvgIpc) is 3.17. The van der Waals surface area contributed by atoms with E-state index < -0.39 is 35.9 Å². The first-order chi connectivity index (χ1) is 15.8. The van der Waals surface area contributed by atoms with E-state index in [1.165, 1.54) is 0 Å². The maximum atomic E-state index is 13.8. The lowest BCUT2D eigenvalue weighted by Gasteiger charge is -2.34. The number of nitrogens with one attached hydrogen (secondary N) is 2. The fraction of sp³-hybridized carbons (Fsp3) is 0.273. The highest BCUT2D eigenvalue weighted by atomic mass is 35.5. The number of aryl methyl sites for hydroxylation is 1. The Hall–Kier alpha value is -3.21. The van der Waals surface area contributed by atoms with Gasteiger partial charge in [-0.3, -0.25) is 4.79 Å². The van der Waals surface area contributed by atoms with Crippen molar-refractivity contribution in [2.75, 3.05) is 10.6 Å². The molecule has 2 heterocycles. The van der Waals surface area contributed by atoms with Gasteiger partial charge in [0.05, 0.1) is 28.5 Å². The topological polar surface area (TPSA) is 59.0 Å². The van der Waals surface area contributed by atoms with Crippen molar-refractivity contribution in [2.45, 2.75) is 37.8 Å². The van der Waals surface area contributed by atoms with Gasteiger partial charge in [0.1, 0.15) is 11.4 Å². The zero-order chi connectivity index (χ0) is 24.8. The van der Waals surface area contributed by atoms with Gasteiger partial charge >= 0.3 is 12.4 Å². The number of amides is 1. The smallest absolute Gasteiger partial charge is 0.363 e. The van der Waals surface area contributed by atoms with Crippen LogP contribution in [-0.4, -0.2) is 21.9 Å². The van der Waals surface area contributed by atoms with Crippen molar-refractivity contribution in [3.8, 4) is 0 Å². The van der Waals surface area contributed by atoms with Crippen LogP contribution in [0.2, 0.25) is 5.02 Å². The van der Waals surface area contributed by atoms with E-state index in [0.717, 1.165) is 23.9 Å². The zero-order valence-corrected chi connectivity index (χ0v) is 18.2. The predicted molar refractivity (Wildman–Crippen MR) is 114 cm³/mol. The zero-order valence-electron chi connectivity index (χ0n) is 17.4. The first-order valence-electron chi connectivity index (χ1n) is 10.00. The first-order valence-corrected chi connectivity index (χ1v) is 10.4. The lowest BCUT2D eigenvalue weighted by atomic mass is 9.96. The molecule has 1 amide bonds. The van der Waals surface area contributed by atoms with Crippen molar-refractivity contribution in [1.29, 1.82) is 0 Å². The third-order valence-corrected chi connectivity index (χ3v) is 5.83. The molecule has 180 valence electrons. The van der Waals surface area contributed by atoms with Gasteiger partial charge in [-0.2, -0.15) is 31.4 Å². The molecule has 4 rings (SSSR count). The number of nitrogens with zero attached hydrogens (tertiary/aromatic N) is 2. The standard InChI is InChI=1S/C22H17ClF6N4O/c1-11-2-4-12(5-3-11)16-9-18(22(27,28)29)33-19(31-16)14(10-30-33)20(34)32-17-8-13(21(24,25)26)6-7-15(17)23/h2-8,10,16,18,31H,9H2,1H3,(H,32,34)/t16-,18-/m1/s1. The fourth-order valence-corrected chi connectivity index (χ4v) is 3.90. The maximum Gasteiger partial charge on any atom is 0.416 e. The Balaban J connectivity index is 1.69.